The SMILES string of the molecule is COc1ccc(S(=O)(=O)N(CCC(C)NC(=O)OC2CC3OCC(O)C3C2)CC(C)C)cc1. The molecule has 1 aliphatic carbocycles. The van der Waals surface area contributed by atoms with Crippen LogP contribution in [0.3, 0.4) is 0 Å². The van der Waals surface area contributed by atoms with Crippen molar-refractivity contribution in [3.8, 4) is 5.75 Å². The van der Waals surface area contributed by atoms with E-state index in [1.54, 1.807) is 12.1 Å². The Morgan fingerprint density at radius 1 is 1.24 bits per heavy atom. The van der Waals surface area contributed by atoms with Crippen molar-refractivity contribution in [1.29, 1.82) is 0 Å². The number of aliphatic hydroxyl groups excluding tert-OH is 1. The molecule has 1 saturated heterocycles. The zero-order valence-corrected chi connectivity index (χ0v) is 20.6. The van der Waals surface area contributed by atoms with E-state index in [1.807, 2.05) is 20.8 Å². The first kappa shape index (κ1) is 25.7. The van der Waals surface area contributed by atoms with Crippen molar-refractivity contribution < 1.29 is 32.5 Å². The highest BCUT2D eigenvalue weighted by Gasteiger charge is 2.45. The van der Waals surface area contributed by atoms with Crippen LogP contribution in [0.2, 0.25) is 0 Å². The number of hydrogen-bond donors (Lipinski definition) is 2. The Labute approximate surface area is 196 Å². The first-order chi connectivity index (χ1) is 15.6. The van der Waals surface area contributed by atoms with Gasteiger partial charge in [0.15, 0.2) is 0 Å². The van der Waals surface area contributed by atoms with Crippen LogP contribution in [0, 0.1) is 11.8 Å². The fourth-order valence-electron chi connectivity index (χ4n) is 4.43. The number of rotatable bonds is 10. The summed E-state index contributed by atoms with van der Waals surface area (Å²) >= 11 is 0. The Hall–Kier alpha value is -1.88. The second-order valence-electron chi connectivity index (χ2n) is 9.37. The summed E-state index contributed by atoms with van der Waals surface area (Å²) in [4.78, 5) is 12.5. The fraction of sp³-hybridized carbons (Fsp3) is 0.696. The van der Waals surface area contributed by atoms with Crippen LogP contribution in [0.15, 0.2) is 29.2 Å². The summed E-state index contributed by atoms with van der Waals surface area (Å²) in [5.41, 5.74) is 0. The lowest BCUT2D eigenvalue weighted by molar-refractivity contribution is 0.0478. The lowest BCUT2D eigenvalue weighted by atomic mass is 10.0. The van der Waals surface area contributed by atoms with Gasteiger partial charge in [0.2, 0.25) is 10.0 Å². The molecule has 1 aromatic carbocycles. The minimum absolute atomic E-state index is 0.0213. The molecular formula is C23H36N2O7S. The first-order valence-electron chi connectivity index (χ1n) is 11.5. The van der Waals surface area contributed by atoms with E-state index in [1.165, 1.54) is 23.5 Å². The van der Waals surface area contributed by atoms with Gasteiger partial charge in [-0.15, -0.1) is 0 Å². The van der Waals surface area contributed by atoms with Crippen LogP contribution in [0.4, 0.5) is 4.79 Å². The van der Waals surface area contributed by atoms with Gasteiger partial charge in [-0.25, -0.2) is 13.2 Å². The Bertz CT molecular complexity index is 891. The van der Waals surface area contributed by atoms with Crippen molar-refractivity contribution in [2.45, 2.75) is 69.3 Å². The molecule has 10 heteroatoms. The monoisotopic (exact) mass is 484 g/mol. The number of aliphatic hydroxyl groups is 1. The predicted octanol–water partition coefficient (Wildman–Crippen LogP) is 2.38. The van der Waals surface area contributed by atoms with Crippen molar-refractivity contribution >= 4 is 16.1 Å². The van der Waals surface area contributed by atoms with Gasteiger partial charge in [-0.3, -0.25) is 0 Å². The Morgan fingerprint density at radius 3 is 2.55 bits per heavy atom. The molecule has 0 spiro atoms. The molecule has 1 aliphatic heterocycles. The van der Waals surface area contributed by atoms with E-state index in [0.717, 1.165) is 0 Å². The first-order valence-corrected chi connectivity index (χ1v) is 12.9. The maximum atomic E-state index is 13.2. The maximum Gasteiger partial charge on any atom is 0.407 e. The van der Waals surface area contributed by atoms with Crippen molar-refractivity contribution in [1.82, 2.24) is 9.62 Å². The standard InChI is InChI=1S/C23H36N2O7S/c1-15(2)13-25(33(28,29)19-7-5-17(30-4)6-8-19)10-9-16(3)24-23(27)32-18-11-20-21(26)14-31-22(20)12-18/h5-8,15-16,18,20-22,26H,9-14H2,1-4H3,(H,24,27). The van der Waals surface area contributed by atoms with Gasteiger partial charge in [-0.2, -0.15) is 4.31 Å². The van der Waals surface area contributed by atoms with E-state index >= 15 is 0 Å². The van der Waals surface area contributed by atoms with Crippen molar-refractivity contribution in [3.05, 3.63) is 24.3 Å². The Kier molecular flexibility index (Phi) is 8.60. The number of hydrogen-bond acceptors (Lipinski definition) is 7. The number of carbonyl (C=O) groups excluding carboxylic acids is 1. The second-order valence-corrected chi connectivity index (χ2v) is 11.3. The summed E-state index contributed by atoms with van der Waals surface area (Å²) in [5.74, 6) is 0.756. The van der Waals surface area contributed by atoms with Gasteiger partial charge in [-0.05, 0) is 49.9 Å². The van der Waals surface area contributed by atoms with Gasteiger partial charge in [0.25, 0.3) is 0 Å². The van der Waals surface area contributed by atoms with Crippen molar-refractivity contribution in [3.63, 3.8) is 0 Å². The van der Waals surface area contributed by atoms with Crippen LogP contribution in [-0.2, 0) is 19.5 Å². The van der Waals surface area contributed by atoms with Crippen LogP contribution >= 0.6 is 0 Å². The Balaban J connectivity index is 1.52. The van der Waals surface area contributed by atoms with Crippen LogP contribution in [0.1, 0.15) is 40.0 Å². The van der Waals surface area contributed by atoms with Gasteiger partial charge in [0, 0.05) is 31.5 Å². The number of ether oxygens (including phenoxy) is 3. The van der Waals surface area contributed by atoms with Crippen molar-refractivity contribution in [2.24, 2.45) is 11.8 Å². The van der Waals surface area contributed by atoms with Crippen LogP contribution < -0.4 is 10.1 Å². The number of carbonyl (C=O) groups is 1. The molecule has 3 rings (SSSR count). The lowest BCUT2D eigenvalue weighted by Crippen LogP contribution is -2.40. The quantitative estimate of drug-likeness (QED) is 0.524. The molecule has 5 atom stereocenters. The highest BCUT2D eigenvalue weighted by Crippen LogP contribution is 2.37. The average molecular weight is 485 g/mol. The zero-order chi connectivity index (χ0) is 24.2. The average Bonchev–Trinajstić information content (AvgIpc) is 3.31. The zero-order valence-electron chi connectivity index (χ0n) is 19.8. The number of nitrogens with zero attached hydrogens (tertiary/aromatic N) is 1. The summed E-state index contributed by atoms with van der Waals surface area (Å²) in [5, 5.41) is 12.7. The number of alkyl carbamates (subject to hydrolysis) is 1. The Morgan fingerprint density at radius 2 is 1.94 bits per heavy atom. The third-order valence-electron chi connectivity index (χ3n) is 6.20. The minimum atomic E-state index is -3.68. The highest BCUT2D eigenvalue weighted by atomic mass is 32.2. The molecule has 1 saturated carbocycles. The summed E-state index contributed by atoms with van der Waals surface area (Å²) in [6.45, 7) is 6.74. The summed E-state index contributed by atoms with van der Waals surface area (Å²) in [6, 6.07) is 6.06. The molecule has 33 heavy (non-hydrogen) atoms. The van der Waals surface area contributed by atoms with Gasteiger partial charge >= 0.3 is 6.09 Å². The van der Waals surface area contributed by atoms with E-state index in [-0.39, 0.29) is 41.5 Å². The molecule has 1 amide bonds. The fourth-order valence-corrected chi connectivity index (χ4v) is 6.05. The van der Waals surface area contributed by atoms with Crippen molar-refractivity contribution in [2.75, 3.05) is 26.8 Å². The molecule has 0 bridgehead atoms. The van der Waals surface area contributed by atoms with E-state index < -0.39 is 22.2 Å². The topological polar surface area (TPSA) is 114 Å². The van der Waals surface area contributed by atoms with E-state index in [4.69, 9.17) is 14.2 Å². The van der Waals surface area contributed by atoms with Gasteiger partial charge in [0.05, 0.1) is 30.8 Å². The minimum Gasteiger partial charge on any atom is -0.497 e. The smallest absolute Gasteiger partial charge is 0.407 e. The van der Waals surface area contributed by atoms with Crippen LogP contribution in [0.5, 0.6) is 5.75 Å². The van der Waals surface area contributed by atoms with E-state index in [2.05, 4.69) is 5.32 Å². The molecule has 2 aliphatic rings. The number of nitrogens with one attached hydrogen (secondary N) is 1. The van der Waals surface area contributed by atoms with E-state index in [0.29, 0.717) is 38.2 Å². The molecule has 186 valence electrons. The molecule has 0 radical (unpaired) electrons. The predicted molar refractivity (Wildman–Crippen MR) is 123 cm³/mol. The van der Waals surface area contributed by atoms with Gasteiger partial charge in [-0.1, -0.05) is 13.8 Å². The largest absolute Gasteiger partial charge is 0.497 e. The molecule has 1 aromatic rings. The van der Waals surface area contributed by atoms with Crippen LogP contribution in [0.25, 0.3) is 0 Å². The number of sulfonamides is 1. The second kappa shape index (κ2) is 11.0. The normalized spacial score (nSPS) is 25.8. The van der Waals surface area contributed by atoms with Crippen LogP contribution in [-0.4, -0.2) is 75.1 Å². The maximum absolute atomic E-state index is 13.2. The van der Waals surface area contributed by atoms with Gasteiger partial charge < -0.3 is 24.6 Å². The summed E-state index contributed by atoms with van der Waals surface area (Å²) < 4.78 is 44.0. The van der Waals surface area contributed by atoms with Gasteiger partial charge in [0.1, 0.15) is 11.9 Å². The molecule has 1 heterocycles. The third-order valence-corrected chi connectivity index (χ3v) is 8.08. The van der Waals surface area contributed by atoms with E-state index in [9.17, 15) is 18.3 Å². The number of fused-ring (bicyclic) bond motifs is 1. The molecule has 5 unspecified atom stereocenters. The summed E-state index contributed by atoms with van der Waals surface area (Å²) in [6.07, 6.45) is 0.259. The molecule has 2 fully saturated rings. The lowest BCUT2D eigenvalue weighted by Gasteiger charge is -2.26. The number of amides is 1. The molecule has 0 aromatic heterocycles. The third kappa shape index (κ3) is 6.59. The molecule has 2 N–H and O–H groups in total. The number of benzene rings is 1. The highest BCUT2D eigenvalue weighted by molar-refractivity contribution is 7.89. The number of methoxy groups -OCH3 is 1. The summed E-state index contributed by atoms with van der Waals surface area (Å²) in [7, 11) is -2.15. The molecular weight excluding hydrogens is 448 g/mol. The molecule has 9 nitrogen and oxygen atoms in total.